The molecule has 4 heteroatoms. The molecule has 102 valence electrons. The van der Waals surface area contributed by atoms with Gasteiger partial charge < -0.3 is 10.4 Å². The van der Waals surface area contributed by atoms with Gasteiger partial charge in [-0.15, -0.1) is 0 Å². The van der Waals surface area contributed by atoms with Crippen molar-refractivity contribution in [2.75, 3.05) is 0 Å². The maximum atomic E-state index is 10.0. The molecule has 1 saturated carbocycles. The first kappa shape index (κ1) is 13.6. The van der Waals surface area contributed by atoms with E-state index in [-0.39, 0.29) is 12.1 Å². The molecule has 0 radical (unpaired) electrons. The van der Waals surface area contributed by atoms with Crippen molar-refractivity contribution in [3.05, 3.63) is 18.0 Å². The summed E-state index contributed by atoms with van der Waals surface area (Å²) >= 11 is 0. The van der Waals surface area contributed by atoms with Gasteiger partial charge in [-0.25, -0.2) is 0 Å². The number of aromatic nitrogens is 2. The molecule has 2 N–H and O–H groups in total. The van der Waals surface area contributed by atoms with Crippen LogP contribution in [0.1, 0.15) is 51.0 Å². The van der Waals surface area contributed by atoms with Crippen molar-refractivity contribution in [2.24, 2.45) is 0 Å². The number of rotatable bonds is 5. The highest BCUT2D eigenvalue weighted by Crippen LogP contribution is 2.18. The van der Waals surface area contributed by atoms with Gasteiger partial charge in [0.15, 0.2) is 0 Å². The van der Waals surface area contributed by atoms with Gasteiger partial charge >= 0.3 is 0 Å². The number of aliphatic hydroxyl groups excluding tert-OH is 1. The second-order valence-corrected chi connectivity index (χ2v) is 5.30. The van der Waals surface area contributed by atoms with Crippen molar-refractivity contribution in [1.82, 2.24) is 15.1 Å². The minimum Gasteiger partial charge on any atom is -0.392 e. The van der Waals surface area contributed by atoms with Crippen LogP contribution in [0.2, 0.25) is 0 Å². The van der Waals surface area contributed by atoms with Gasteiger partial charge in [0.05, 0.1) is 12.3 Å². The predicted molar refractivity (Wildman–Crippen MR) is 72.2 cm³/mol. The van der Waals surface area contributed by atoms with Crippen molar-refractivity contribution in [1.29, 1.82) is 0 Å². The number of nitrogens with one attached hydrogen (secondary N) is 1. The Kier molecular flexibility index (Phi) is 5.20. The third kappa shape index (κ3) is 3.82. The fourth-order valence-electron chi connectivity index (χ4n) is 2.62. The van der Waals surface area contributed by atoms with E-state index >= 15 is 0 Å². The van der Waals surface area contributed by atoms with E-state index in [0.29, 0.717) is 0 Å². The summed E-state index contributed by atoms with van der Waals surface area (Å²) in [6, 6.07) is 0.252. The number of hydrogen-bond acceptors (Lipinski definition) is 3. The van der Waals surface area contributed by atoms with Crippen molar-refractivity contribution in [3.8, 4) is 0 Å². The van der Waals surface area contributed by atoms with E-state index in [1.807, 2.05) is 10.9 Å². The normalized spacial score (nSPS) is 25.0. The summed E-state index contributed by atoms with van der Waals surface area (Å²) < 4.78 is 1.99. The number of nitrogens with zero attached hydrogens (tertiary/aromatic N) is 2. The summed E-state index contributed by atoms with van der Waals surface area (Å²) in [5.74, 6) is 0. The molecule has 2 unspecified atom stereocenters. The molecule has 0 aromatic carbocycles. The molecule has 0 aliphatic heterocycles. The molecular formula is C14H25N3O. The quantitative estimate of drug-likeness (QED) is 0.788. The summed E-state index contributed by atoms with van der Waals surface area (Å²) in [5.41, 5.74) is 1.21. The molecule has 1 heterocycles. The summed E-state index contributed by atoms with van der Waals surface area (Å²) in [6.07, 6.45) is 10.6. The van der Waals surface area contributed by atoms with Crippen molar-refractivity contribution >= 4 is 0 Å². The van der Waals surface area contributed by atoms with Gasteiger partial charge in [-0.1, -0.05) is 26.2 Å². The van der Waals surface area contributed by atoms with Crippen LogP contribution in [0.15, 0.2) is 12.4 Å². The van der Waals surface area contributed by atoms with Gasteiger partial charge in [0.25, 0.3) is 0 Å². The molecule has 0 amide bonds. The molecule has 2 rings (SSSR count). The van der Waals surface area contributed by atoms with E-state index in [1.54, 1.807) is 0 Å². The largest absolute Gasteiger partial charge is 0.392 e. The van der Waals surface area contributed by atoms with Gasteiger partial charge in [-0.3, -0.25) is 4.68 Å². The third-order valence-electron chi connectivity index (χ3n) is 3.69. The Morgan fingerprint density at radius 1 is 1.39 bits per heavy atom. The molecule has 0 spiro atoms. The average molecular weight is 251 g/mol. The van der Waals surface area contributed by atoms with Gasteiger partial charge in [-0.05, 0) is 19.3 Å². The van der Waals surface area contributed by atoms with Crippen LogP contribution in [0, 0.1) is 0 Å². The maximum Gasteiger partial charge on any atom is 0.0693 e. The first-order valence-corrected chi connectivity index (χ1v) is 7.22. The Labute approximate surface area is 109 Å². The molecule has 1 aliphatic carbocycles. The predicted octanol–water partition coefficient (Wildman–Crippen LogP) is 2.08. The molecule has 0 saturated heterocycles. The third-order valence-corrected chi connectivity index (χ3v) is 3.69. The second kappa shape index (κ2) is 6.90. The fourth-order valence-corrected chi connectivity index (χ4v) is 2.62. The second-order valence-electron chi connectivity index (χ2n) is 5.30. The molecule has 0 bridgehead atoms. The van der Waals surface area contributed by atoms with Crippen molar-refractivity contribution < 1.29 is 5.11 Å². The van der Waals surface area contributed by atoms with Gasteiger partial charge in [0.2, 0.25) is 0 Å². The van der Waals surface area contributed by atoms with Gasteiger partial charge in [0.1, 0.15) is 0 Å². The Hall–Kier alpha value is -0.870. The zero-order chi connectivity index (χ0) is 12.8. The smallest absolute Gasteiger partial charge is 0.0693 e. The van der Waals surface area contributed by atoms with Crippen LogP contribution in [0.5, 0.6) is 0 Å². The highest BCUT2D eigenvalue weighted by atomic mass is 16.3. The van der Waals surface area contributed by atoms with E-state index in [9.17, 15) is 5.11 Å². The minimum absolute atomic E-state index is 0.182. The standard InChI is InChI=1S/C14H25N3O/c1-2-8-17-11-12(10-16-17)9-15-13-6-4-3-5-7-14(13)18/h10-11,13-15,18H,2-9H2,1H3. The van der Waals surface area contributed by atoms with E-state index < -0.39 is 0 Å². The van der Waals surface area contributed by atoms with Crippen LogP contribution in [0.3, 0.4) is 0 Å². The highest BCUT2D eigenvalue weighted by molar-refractivity contribution is 5.03. The Bertz CT molecular complexity index is 351. The Balaban J connectivity index is 1.81. The van der Waals surface area contributed by atoms with Crippen LogP contribution in [-0.4, -0.2) is 27.0 Å². The average Bonchev–Trinajstić information content (AvgIpc) is 2.70. The van der Waals surface area contributed by atoms with Crippen molar-refractivity contribution in [3.63, 3.8) is 0 Å². The molecule has 1 fully saturated rings. The van der Waals surface area contributed by atoms with Crippen LogP contribution in [0.4, 0.5) is 0 Å². The molecule has 4 nitrogen and oxygen atoms in total. The Morgan fingerprint density at radius 2 is 2.22 bits per heavy atom. The first-order chi connectivity index (χ1) is 8.79. The Morgan fingerprint density at radius 3 is 3.06 bits per heavy atom. The number of aliphatic hydroxyl groups is 1. The fraction of sp³-hybridized carbons (Fsp3) is 0.786. The van der Waals surface area contributed by atoms with Crippen LogP contribution in [-0.2, 0) is 13.1 Å². The number of aryl methyl sites for hydroxylation is 1. The summed E-state index contributed by atoms with van der Waals surface area (Å²) in [7, 11) is 0. The lowest BCUT2D eigenvalue weighted by Gasteiger charge is -2.21. The van der Waals surface area contributed by atoms with Crippen LogP contribution >= 0.6 is 0 Å². The van der Waals surface area contributed by atoms with Crippen LogP contribution < -0.4 is 5.32 Å². The van der Waals surface area contributed by atoms with Gasteiger partial charge in [-0.2, -0.15) is 5.10 Å². The zero-order valence-corrected chi connectivity index (χ0v) is 11.3. The summed E-state index contributed by atoms with van der Waals surface area (Å²) in [6.45, 7) is 3.94. The monoisotopic (exact) mass is 251 g/mol. The lowest BCUT2D eigenvalue weighted by atomic mass is 10.1. The summed E-state index contributed by atoms with van der Waals surface area (Å²) in [4.78, 5) is 0. The van der Waals surface area contributed by atoms with Crippen molar-refractivity contribution in [2.45, 2.75) is 70.7 Å². The number of hydrogen-bond donors (Lipinski definition) is 2. The minimum atomic E-state index is -0.182. The maximum absolute atomic E-state index is 10.0. The van der Waals surface area contributed by atoms with E-state index in [4.69, 9.17) is 0 Å². The van der Waals surface area contributed by atoms with Gasteiger partial charge in [0, 0.05) is 30.9 Å². The first-order valence-electron chi connectivity index (χ1n) is 7.22. The lowest BCUT2D eigenvalue weighted by molar-refractivity contribution is 0.119. The molecule has 18 heavy (non-hydrogen) atoms. The van der Waals surface area contributed by atoms with E-state index in [2.05, 4.69) is 23.5 Å². The topological polar surface area (TPSA) is 50.1 Å². The van der Waals surface area contributed by atoms with E-state index in [0.717, 1.165) is 38.8 Å². The highest BCUT2D eigenvalue weighted by Gasteiger charge is 2.20. The van der Waals surface area contributed by atoms with Crippen LogP contribution in [0.25, 0.3) is 0 Å². The van der Waals surface area contributed by atoms with E-state index in [1.165, 1.54) is 18.4 Å². The molecular weight excluding hydrogens is 226 g/mol. The summed E-state index contributed by atoms with van der Waals surface area (Å²) in [5, 5.41) is 17.8. The molecule has 2 atom stereocenters. The molecule has 1 aromatic rings. The molecule has 1 aromatic heterocycles. The SMILES string of the molecule is CCCn1cc(CNC2CCCCCC2O)cn1. The lowest BCUT2D eigenvalue weighted by Crippen LogP contribution is -2.38. The molecule has 1 aliphatic rings. The zero-order valence-electron chi connectivity index (χ0n) is 11.3.